The minimum Gasteiger partial charge on any atom is -0.454 e. The van der Waals surface area contributed by atoms with Gasteiger partial charge in [0.2, 0.25) is 5.91 Å². The summed E-state index contributed by atoms with van der Waals surface area (Å²) < 4.78 is 4.82. The van der Waals surface area contributed by atoms with Gasteiger partial charge in [-0.25, -0.2) is 0 Å². The van der Waals surface area contributed by atoms with Gasteiger partial charge in [0.25, 0.3) is 11.8 Å². The van der Waals surface area contributed by atoms with Crippen LogP contribution in [0, 0.1) is 0 Å². The van der Waals surface area contributed by atoms with Gasteiger partial charge < -0.3 is 10.1 Å². The molecule has 0 aliphatic carbocycles. The van der Waals surface area contributed by atoms with Crippen LogP contribution in [-0.4, -0.2) is 48.3 Å². The lowest BCUT2D eigenvalue weighted by Gasteiger charge is -2.19. The lowest BCUT2D eigenvalue weighted by atomic mass is 9.87. The first kappa shape index (κ1) is 19.6. The summed E-state index contributed by atoms with van der Waals surface area (Å²) >= 11 is 0. The van der Waals surface area contributed by atoms with Crippen LogP contribution in [0.5, 0.6) is 0 Å². The molecule has 7 nitrogen and oxygen atoms in total. The molecule has 0 bridgehead atoms. The molecule has 1 aromatic carbocycles. The minimum atomic E-state index is -0.732. The van der Waals surface area contributed by atoms with Crippen molar-refractivity contribution >= 4 is 23.7 Å². The molecule has 1 aliphatic heterocycles. The molecule has 7 heteroatoms. The van der Waals surface area contributed by atoms with Crippen LogP contribution in [0.25, 0.3) is 0 Å². The number of nitrogens with zero attached hydrogens (tertiary/aromatic N) is 1. The van der Waals surface area contributed by atoms with Gasteiger partial charge in [-0.15, -0.1) is 0 Å². The van der Waals surface area contributed by atoms with Crippen molar-refractivity contribution in [2.75, 3.05) is 19.7 Å². The lowest BCUT2D eigenvalue weighted by Crippen LogP contribution is -2.37. The molecule has 1 aliphatic rings. The van der Waals surface area contributed by atoms with Crippen molar-refractivity contribution < 1.29 is 23.9 Å². The molecule has 1 aromatic rings. The Morgan fingerprint density at radius 3 is 2.35 bits per heavy atom. The average molecular weight is 360 g/mol. The first-order valence-corrected chi connectivity index (χ1v) is 8.56. The number of carbonyl (C=O) groups is 4. The van der Waals surface area contributed by atoms with E-state index in [9.17, 15) is 19.2 Å². The fraction of sp³-hybridized carbons (Fsp3) is 0.474. The van der Waals surface area contributed by atoms with Crippen molar-refractivity contribution in [2.24, 2.45) is 0 Å². The van der Waals surface area contributed by atoms with Crippen LogP contribution >= 0.6 is 0 Å². The molecule has 1 N–H and O–H groups in total. The molecule has 1 heterocycles. The number of amides is 3. The third-order valence-electron chi connectivity index (χ3n) is 4.14. The Labute approximate surface area is 152 Å². The van der Waals surface area contributed by atoms with Crippen molar-refractivity contribution in [3.63, 3.8) is 0 Å². The van der Waals surface area contributed by atoms with E-state index in [0.29, 0.717) is 24.9 Å². The molecule has 0 radical (unpaired) electrons. The fourth-order valence-corrected chi connectivity index (χ4v) is 2.56. The Kier molecular flexibility index (Phi) is 6.13. The maximum absolute atomic E-state index is 12.1. The molecule has 0 spiro atoms. The van der Waals surface area contributed by atoms with E-state index in [-0.39, 0.29) is 17.9 Å². The Bertz CT molecular complexity index is 704. The highest BCUT2D eigenvalue weighted by molar-refractivity contribution is 5.98. The molecular weight excluding hydrogens is 336 g/mol. The summed E-state index contributed by atoms with van der Waals surface area (Å²) in [5.74, 6) is -1.92. The van der Waals surface area contributed by atoms with E-state index in [1.807, 2.05) is 12.1 Å². The predicted molar refractivity (Wildman–Crippen MR) is 94.4 cm³/mol. The maximum Gasteiger partial charge on any atom is 0.325 e. The van der Waals surface area contributed by atoms with Crippen LogP contribution in [0.2, 0.25) is 0 Å². The van der Waals surface area contributed by atoms with E-state index in [2.05, 4.69) is 26.1 Å². The number of hydrogen-bond acceptors (Lipinski definition) is 5. The highest BCUT2D eigenvalue weighted by atomic mass is 16.5. The molecule has 140 valence electrons. The molecule has 0 aromatic heterocycles. The molecular formula is C19H24N2O5. The lowest BCUT2D eigenvalue weighted by molar-refractivity contribution is -0.154. The number of ether oxygens (including phenoxy) is 1. The molecule has 3 amide bonds. The molecule has 0 atom stereocenters. The normalized spacial score (nSPS) is 14.3. The predicted octanol–water partition coefficient (Wildman–Crippen LogP) is 1.41. The van der Waals surface area contributed by atoms with Gasteiger partial charge in [0.1, 0.15) is 6.54 Å². The Balaban J connectivity index is 1.77. The fourth-order valence-electron chi connectivity index (χ4n) is 2.56. The van der Waals surface area contributed by atoms with Gasteiger partial charge in [0.05, 0.1) is 0 Å². The Morgan fingerprint density at radius 2 is 1.81 bits per heavy atom. The summed E-state index contributed by atoms with van der Waals surface area (Å²) in [7, 11) is 0. The van der Waals surface area contributed by atoms with E-state index in [1.54, 1.807) is 12.1 Å². The number of benzene rings is 1. The highest BCUT2D eigenvalue weighted by Crippen LogP contribution is 2.22. The SMILES string of the molecule is CC(C)(C)c1ccc(C(=O)NCC(=O)OCC(=O)N2CCCC2=O)cc1. The van der Waals surface area contributed by atoms with E-state index >= 15 is 0 Å². The van der Waals surface area contributed by atoms with Gasteiger partial charge >= 0.3 is 5.97 Å². The zero-order valence-electron chi connectivity index (χ0n) is 15.3. The number of hydrogen-bond donors (Lipinski definition) is 1. The number of likely N-dealkylation sites (tertiary alicyclic amines) is 1. The quantitative estimate of drug-likeness (QED) is 0.802. The van der Waals surface area contributed by atoms with E-state index in [1.165, 1.54) is 0 Å². The summed E-state index contributed by atoms with van der Waals surface area (Å²) in [6.45, 7) is 5.75. The van der Waals surface area contributed by atoms with Crippen LogP contribution in [-0.2, 0) is 24.5 Å². The summed E-state index contributed by atoms with van der Waals surface area (Å²) in [6.07, 6.45) is 0.965. The first-order valence-electron chi connectivity index (χ1n) is 8.56. The number of esters is 1. The second-order valence-electron chi connectivity index (χ2n) is 7.21. The van der Waals surface area contributed by atoms with E-state index in [0.717, 1.165) is 10.5 Å². The van der Waals surface area contributed by atoms with Crippen LogP contribution in [0.3, 0.4) is 0 Å². The third-order valence-corrected chi connectivity index (χ3v) is 4.14. The topological polar surface area (TPSA) is 92.8 Å². The molecule has 2 rings (SSSR count). The minimum absolute atomic E-state index is 0.0118. The Morgan fingerprint density at radius 1 is 1.15 bits per heavy atom. The molecule has 0 saturated carbocycles. The standard InChI is InChI=1S/C19H24N2O5/c1-19(2,3)14-8-6-13(7-9-14)18(25)20-11-17(24)26-12-16(23)21-10-4-5-15(21)22/h6-9H,4-5,10-12H2,1-3H3,(H,20,25). The van der Waals surface area contributed by atoms with Crippen molar-refractivity contribution in [3.8, 4) is 0 Å². The monoisotopic (exact) mass is 360 g/mol. The average Bonchev–Trinajstić information content (AvgIpc) is 3.03. The number of carbonyl (C=O) groups excluding carboxylic acids is 4. The second-order valence-corrected chi connectivity index (χ2v) is 7.21. The maximum atomic E-state index is 12.1. The van der Waals surface area contributed by atoms with Gasteiger partial charge in [0.15, 0.2) is 6.61 Å². The van der Waals surface area contributed by atoms with Crippen molar-refractivity contribution in [3.05, 3.63) is 35.4 Å². The van der Waals surface area contributed by atoms with Crippen molar-refractivity contribution in [2.45, 2.75) is 39.0 Å². The molecule has 1 saturated heterocycles. The largest absolute Gasteiger partial charge is 0.454 e. The smallest absolute Gasteiger partial charge is 0.325 e. The molecule has 0 unspecified atom stereocenters. The van der Waals surface area contributed by atoms with Gasteiger partial charge in [-0.3, -0.25) is 24.1 Å². The number of imide groups is 1. The van der Waals surface area contributed by atoms with Gasteiger partial charge in [-0.1, -0.05) is 32.9 Å². The van der Waals surface area contributed by atoms with Crippen LogP contribution < -0.4 is 5.32 Å². The second kappa shape index (κ2) is 8.12. The third kappa shape index (κ3) is 5.15. The van der Waals surface area contributed by atoms with E-state index < -0.39 is 24.4 Å². The van der Waals surface area contributed by atoms with Crippen molar-refractivity contribution in [1.82, 2.24) is 10.2 Å². The summed E-state index contributed by atoms with van der Waals surface area (Å²) in [5.41, 5.74) is 1.52. The zero-order valence-corrected chi connectivity index (χ0v) is 15.3. The number of nitrogens with one attached hydrogen (secondary N) is 1. The zero-order chi connectivity index (χ0) is 19.3. The highest BCUT2D eigenvalue weighted by Gasteiger charge is 2.27. The number of rotatable bonds is 5. The van der Waals surface area contributed by atoms with Gasteiger partial charge in [0, 0.05) is 18.5 Å². The van der Waals surface area contributed by atoms with Gasteiger partial charge in [-0.05, 0) is 29.5 Å². The van der Waals surface area contributed by atoms with Crippen LogP contribution in [0.1, 0.15) is 49.5 Å². The van der Waals surface area contributed by atoms with E-state index in [4.69, 9.17) is 4.74 Å². The summed E-state index contributed by atoms with van der Waals surface area (Å²) in [6, 6.07) is 7.14. The van der Waals surface area contributed by atoms with Gasteiger partial charge in [-0.2, -0.15) is 0 Å². The van der Waals surface area contributed by atoms with Crippen LogP contribution in [0.15, 0.2) is 24.3 Å². The van der Waals surface area contributed by atoms with Crippen LogP contribution in [0.4, 0.5) is 0 Å². The first-order chi connectivity index (χ1) is 12.2. The summed E-state index contributed by atoms with van der Waals surface area (Å²) in [5, 5.41) is 2.45. The molecule has 1 fully saturated rings. The molecule has 26 heavy (non-hydrogen) atoms. The summed E-state index contributed by atoms with van der Waals surface area (Å²) in [4.78, 5) is 48.0. The van der Waals surface area contributed by atoms with Crippen molar-refractivity contribution in [1.29, 1.82) is 0 Å². The Hall–Kier alpha value is -2.70.